The predicted molar refractivity (Wildman–Crippen MR) is 174 cm³/mol. The summed E-state index contributed by atoms with van der Waals surface area (Å²) in [6.45, 7) is 12.8. The Morgan fingerprint density at radius 2 is 1.84 bits per heavy atom. The average Bonchev–Trinajstić information content (AvgIpc) is 3.59. The molecule has 0 spiro atoms. The number of allylic oxidation sites excluding steroid dienone is 3. The molecule has 4 aliphatic carbocycles. The van der Waals surface area contributed by atoms with Crippen molar-refractivity contribution in [3.05, 3.63) is 53.6 Å². The molecule has 0 radical (unpaired) electrons. The number of carbonyl (C=O) groups is 1. The normalized spacial score (nSPS) is 35.5. The zero-order valence-corrected chi connectivity index (χ0v) is 27.3. The van der Waals surface area contributed by atoms with Crippen molar-refractivity contribution in [1.82, 2.24) is 0 Å². The molecule has 43 heavy (non-hydrogen) atoms. The molecule has 0 amide bonds. The quantitative estimate of drug-likeness (QED) is 0.125. The lowest BCUT2D eigenvalue weighted by atomic mass is 9.47. The zero-order chi connectivity index (χ0) is 30.2. The third kappa shape index (κ3) is 6.09. The van der Waals surface area contributed by atoms with Crippen LogP contribution in [0, 0.1) is 46.3 Å². The Labute approximate surface area is 260 Å². The summed E-state index contributed by atoms with van der Waals surface area (Å²) in [5.74, 6) is 6.37. The second kappa shape index (κ2) is 12.5. The predicted octanol–water partition coefficient (Wildman–Crippen LogP) is 9.94. The van der Waals surface area contributed by atoms with E-state index in [0.717, 1.165) is 71.8 Å². The van der Waals surface area contributed by atoms with Gasteiger partial charge in [0.1, 0.15) is 6.10 Å². The van der Waals surface area contributed by atoms with Crippen LogP contribution in [-0.2, 0) is 9.53 Å². The number of fused-ring (bicyclic) bond motifs is 6. The molecule has 0 bridgehead atoms. The number of ether oxygens (including phenoxy) is 3. The topological polar surface area (TPSA) is 44.8 Å². The van der Waals surface area contributed by atoms with Gasteiger partial charge in [0.05, 0.1) is 0 Å². The molecule has 3 saturated carbocycles. The third-order valence-corrected chi connectivity index (χ3v) is 12.6. The first kappa shape index (κ1) is 30.5. The number of benzene rings is 1. The largest absolute Gasteiger partial charge is 0.459 e. The van der Waals surface area contributed by atoms with Crippen LogP contribution in [-0.4, -0.2) is 18.9 Å². The van der Waals surface area contributed by atoms with Gasteiger partial charge < -0.3 is 14.2 Å². The van der Waals surface area contributed by atoms with Gasteiger partial charge in [0.25, 0.3) is 0 Å². The Kier molecular flexibility index (Phi) is 8.86. The molecular weight excluding hydrogens is 532 g/mol. The minimum atomic E-state index is -0.244. The van der Waals surface area contributed by atoms with Crippen LogP contribution in [0.1, 0.15) is 111 Å². The monoisotopic (exact) mass is 586 g/mol. The summed E-state index contributed by atoms with van der Waals surface area (Å²) in [5, 5.41) is 0. The van der Waals surface area contributed by atoms with Crippen molar-refractivity contribution in [2.24, 2.45) is 46.3 Å². The molecule has 0 N–H and O–H groups in total. The van der Waals surface area contributed by atoms with E-state index < -0.39 is 0 Å². The van der Waals surface area contributed by atoms with Gasteiger partial charge in [-0.3, -0.25) is 0 Å². The summed E-state index contributed by atoms with van der Waals surface area (Å²) in [7, 11) is 0. The lowest BCUT2D eigenvalue weighted by molar-refractivity contribution is -0.145. The van der Waals surface area contributed by atoms with E-state index in [0.29, 0.717) is 5.41 Å². The zero-order valence-electron chi connectivity index (χ0n) is 27.3. The molecule has 1 aromatic rings. The minimum Gasteiger partial charge on any atom is -0.459 e. The molecule has 4 heteroatoms. The minimum absolute atomic E-state index is 0.0118. The number of esters is 1. The average molecular weight is 587 g/mol. The second-order valence-electron chi connectivity index (χ2n) is 15.4. The van der Waals surface area contributed by atoms with Crippen molar-refractivity contribution in [2.45, 2.75) is 111 Å². The molecule has 0 unspecified atom stereocenters. The number of hydrogen-bond donors (Lipinski definition) is 0. The van der Waals surface area contributed by atoms with Crippen LogP contribution < -0.4 is 9.47 Å². The number of hydrogen-bond acceptors (Lipinski definition) is 4. The van der Waals surface area contributed by atoms with Crippen LogP contribution in [0.3, 0.4) is 0 Å². The van der Waals surface area contributed by atoms with Crippen LogP contribution >= 0.6 is 0 Å². The maximum atomic E-state index is 12.7. The lowest BCUT2D eigenvalue weighted by Gasteiger charge is -2.58. The summed E-state index contributed by atoms with van der Waals surface area (Å²) in [5.41, 5.74) is 3.38. The van der Waals surface area contributed by atoms with Crippen molar-refractivity contribution in [3.63, 3.8) is 0 Å². The maximum absolute atomic E-state index is 12.7. The van der Waals surface area contributed by atoms with E-state index in [1.807, 2.05) is 30.4 Å². The van der Waals surface area contributed by atoms with E-state index in [1.54, 1.807) is 17.7 Å². The van der Waals surface area contributed by atoms with E-state index >= 15 is 0 Å². The van der Waals surface area contributed by atoms with Crippen LogP contribution in [0.15, 0.2) is 48.1 Å². The second-order valence-corrected chi connectivity index (χ2v) is 15.4. The first-order valence-electron chi connectivity index (χ1n) is 17.3. The summed E-state index contributed by atoms with van der Waals surface area (Å²) in [6, 6.07) is 5.83. The summed E-state index contributed by atoms with van der Waals surface area (Å²) >= 11 is 0. The highest BCUT2D eigenvalue weighted by atomic mass is 16.7. The van der Waals surface area contributed by atoms with E-state index in [-0.39, 0.29) is 24.3 Å². The van der Waals surface area contributed by atoms with Crippen LogP contribution in [0.5, 0.6) is 11.5 Å². The van der Waals surface area contributed by atoms with Gasteiger partial charge in [0, 0.05) is 12.5 Å². The van der Waals surface area contributed by atoms with Gasteiger partial charge in [-0.05, 0) is 109 Å². The number of rotatable bonds is 9. The summed E-state index contributed by atoms with van der Waals surface area (Å²) in [6.07, 6.45) is 23.8. The maximum Gasteiger partial charge on any atom is 0.331 e. The standard InChI is InChI=1S/C39H54O4/c1-26(2)9-8-10-27(3)32-16-17-33-31-15-14-29-24-30(19-21-38(29,4)34(31)20-22-39(32,33)5)43-37(40)12-7-6-11-28-13-18-35-36(23-28)42-25-41-35/h6-7,11-14,18,23,26-27,30-34H,8-10,15-17,19-22,24-25H2,1-5H3/b11-6+,12-7+/t27-,30+,31+,32-,33+,34+,38+,39-/m1/s1. The Hall–Kier alpha value is -2.49. The Morgan fingerprint density at radius 3 is 2.67 bits per heavy atom. The van der Waals surface area contributed by atoms with Crippen molar-refractivity contribution >= 4 is 12.0 Å². The van der Waals surface area contributed by atoms with Crippen molar-refractivity contribution < 1.29 is 19.0 Å². The first-order chi connectivity index (χ1) is 20.7. The summed E-state index contributed by atoms with van der Waals surface area (Å²) in [4.78, 5) is 12.7. The molecule has 8 atom stereocenters. The molecule has 1 heterocycles. The van der Waals surface area contributed by atoms with Gasteiger partial charge in [-0.2, -0.15) is 0 Å². The van der Waals surface area contributed by atoms with Gasteiger partial charge in [-0.1, -0.05) is 89.8 Å². The van der Waals surface area contributed by atoms with Crippen molar-refractivity contribution in [3.8, 4) is 11.5 Å². The molecular formula is C39H54O4. The van der Waals surface area contributed by atoms with Gasteiger partial charge in [0.2, 0.25) is 6.79 Å². The number of carbonyl (C=O) groups excluding carboxylic acids is 1. The highest BCUT2D eigenvalue weighted by Gasteiger charge is 2.59. The molecule has 1 aromatic carbocycles. The van der Waals surface area contributed by atoms with Gasteiger partial charge in [0.15, 0.2) is 11.5 Å². The van der Waals surface area contributed by atoms with E-state index in [1.165, 1.54) is 51.4 Å². The fourth-order valence-electron chi connectivity index (χ4n) is 10.3. The summed E-state index contributed by atoms with van der Waals surface area (Å²) < 4.78 is 16.8. The van der Waals surface area contributed by atoms with Crippen molar-refractivity contribution in [1.29, 1.82) is 0 Å². The molecule has 6 rings (SSSR count). The van der Waals surface area contributed by atoms with E-state index in [4.69, 9.17) is 14.2 Å². The molecule has 1 aliphatic heterocycles. The highest BCUT2D eigenvalue weighted by molar-refractivity contribution is 5.82. The van der Waals surface area contributed by atoms with Crippen LogP contribution in [0.2, 0.25) is 0 Å². The van der Waals surface area contributed by atoms with Crippen LogP contribution in [0.4, 0.5) is 0 Å². The Morgan fingerprint density at radius 1 is 1.00 bits per heavy atom. The third-order valence-electron chi connectivity index (χ3n) is 12.6. The van der Waals surface area contributed by atoms with Gasteiger partial charge in [-0.15, -0.1) is 0 Å². The molecule has 0 aromatic heterocycles. The molecule has 0 saturated heterocycles. The van der Waals surface area contributed by atoms with E-state index in [2.05, 4.69) is 40.7 Å². The van der Waals surface area contributed by atoms with Crippen molar-refractivity contribution in [2.75, 3.05) is 6.79 Å². The fraction of sp³-hybridized carbons (Fsp3) is 0.667. The van der Waals surface area contributed by atoms with Gasteiger partial charge >= 0.3 is 5.97 Å². The fourth-order valence-corrected chi connectivity index (χ4v) is 10.3. The molecule has 234 valence electrons. The molecule has 4 nitrogen and oxygen atoms in total. The SMILES string of the molecule is CC(C)CCC[C@@H](C)[C@H]1CC[C@H]2[C@@H]3CC=C4C[C@@H](OC(=O)/C=C/C=C/c5ccc6c(c5)OCO6)CC[C@]4(C)[C@H]3CC[C@]12C. The van der Waals surface area contributed by atoms with Crippen LogP contribution in [0.25, 0.3) is 6.08 Å². The van der Waals surface area contributed by atoms with E-state index in [9.17, 15) is 4.79 Å². The Bertz CT molecular complexity index is 1260. The lowest BCUT2D eigenvalue weighted by Crippen LogP contribution is -2.51. The smallest absolute Gasteiger partial charge is 0.331 e. The molecule has 5 aliphatic rings. The Balaban J connectivity index is 1.04. The first-order valence-corrected chi connectivity index (χ1v) is 17.3. The highest BCUT2D eigenvalue weighted by Crippen LogP contribution is 2.67. The van der Waals surface area contributed by atoms with Gasteiger partial charge in [-0.25, -0.2) is 4.79 Å². The molecule has 3 fully saturated rings.